The summed E-state index contributed by atoms with van der Waals surface area (Å²) >= 11 is 5.93. The summed E-state index contributed by atoms with van der Waals surface area (Å²) in [6.45, 7) is 3.79. The molecule has 3 rings (SSSR count). The lowest BCUT2D eigenvalue weighted by molar-refractivity contribution is 0.123. The molecule has 1 aromatic carbocycles. The van der Waals surface area contributed by atoms with E-state index in [1.807, 2.05) is 36.7 Å². The van der Waals surface area contributed by atoms with Crippen LogP contribution in [0.15, 0.2) is 36.7 Å². The molecule has 0 saturated heterocycles. The number of hydrogen-bond acceptors (Lipinski definition) is 3. The lowest BCUT2D eigenvalue weighted by Crippen LogP contribution is -2.15. The maximum Gasteiger partial charge on any atom is 0.159 e. The molecule has 0 atom stereocenters. The molecule has 24 heavy (non-hydrogen) atoms. The molecule has 0 aliphatic heterocycles. The van der Waals surface area contributed by atoms with Crippen molar-refractivity contribution in [3.63, 3.8) is 0 Å². The molecule has 0 unspecified atom stereocenters. The Hall–Kier alpha value is -1.45. The average molecular weight is 345 g/mol. The van der Waals surface area contributed by atoms with Gasteiger partial charge in [-0.2, -0.15) is 0 Å². The van der Waals surface area contributed by atoms with E-state index in [0.717, 1.165) is 35.5 Å². The fourth-order valence-electron chi connectivity index (χ4n) is 3.48. The first kappa shape index (κ1) is 17.4. The van der Waals surface area contributed by atoms with Gasteiger partial charge in [0, 0.05) is 36.2 Å². The first-order valence-electron chi connectivity index (χ1n) is 8.92. The number of rotatable bonds is 6. The maximum atomic E-state index is 5.93. The molecule has 3 nitrogen and oxygen atoms in total. The monoisotopic (exact) mass is 344 g/mol. The molecule has 1 aliphatic carbocycles. The first-order valence-corrected chi connectivity index (χ1v) is 9.29. The van der Waals surface area contributed by atoms with Crippen LogP contribution in [0.25, 0.3) is 11.4 Å². The molecule has 1 saturated carbocycles. The highest BCUT2D eigenvalue weighted by molar-refractivity contribution is 6.30. The van der Waals surface area contributed by atoms with Crippen LogP contribution in [0.3, 0.4) is 0 Å². The number of benzene rings is 1. The predicted octanol–water partition coefficient (Wildman–Crippen LogP) is 5.50. The van der Waals surface area contributed by atoms with Crippen LogP contribution in [-0.2, 0) is 4.74 Å². The van der Waals surface area contributed by atoms with Crippen molar-refractivity contribution in [3.05, 3.63) is 47.2 Å². The van der Waals surface area contributed by atoms with Crippen LogP contribution in [0.1, 0.15) is 50.5 Å². The van der Waals surface area contributed by atoms with Gasteiger partial charge in [-0.05, 0) is 80.7 Å². The van der Waals surface area contributed by atoms with Crippen molar-refractivity contribution >= 4 is 11.6 Å². The summed E-state index contributed by atoms with van der Waals surface area (Å²) in [7, 11) is 0. The summed E-state index contributed by atoms with van der Waals surface area (Å²) < 4.78 is 5.48. The largest absolute Gasteiger partial charge is 0.382 e. The fraction of sp³-hybridized carbons (Fsp3) is 0.500. The van der Waals surface area contributed by atoms with Gasteiger partial charge in [-0.15, -0.1) is 0 Å². The van der Waals surface area contributed by atoms with Crippen molar-refractivity contribution in [2.45, 2.75) is 44.9 Å². The molecule has 0 spiro atoms. The Morgan fingerprint density at radius 2 is 1.71 bits per heavy atom. The Morgan fingerprint density at radius 1 is 1.04 bits per heavy atom. The Labute approximate surface area is 149 Å². The van der Waals surface area contributed by atoms with Crippen molar-refractivity contribution in [2.75, 3.05) is 13.2 Å². The molecule has 128 valence electrons. The standard InChI is InChI=1S/C20H25ClN2O/c1-2-24-12-11-15-3-5-16(6-4-15)18-13-22-20(23-14-18)17-7-9-19(21)10-8-17/h7-10,13-16H,2-6,11-12H2,1H3/t15-,16-. The molecule has 0 amide bonds. The lowest BCUT2D eigenvalue weighted by Gasteiger charge is -2.28. The van der Waals surface area contributed by atoms with Crippen LogP contribution in [-0.4, -0.2) is 23.2 Å². The topological polar surface area (TPSA) is 35.0 Å². The Kier molecular flexibility index (Phi) is 6.22. The highest BCUT2D eigenvalue weighted by atomic mass is 35.5. The molecule has 0 N–H and O–H groups in total. The number of nitrogens with zero attached hydrogens (tertiary/aromatic N) is 2. The second kappa shape index (κ2) is 8.59. The number of aromatic nitrogens is 2. The normalized spacial score (nSPS) is 20.9. The third-order valence-electron chi connectivity index (χ3n) is 4.97. The van der Waals surface area contributed by atoms with Gasteiger partial charge in [-0.25, -0.2) is 9.97 Å². The first-order chi connectivity index (χ1) is 11.8. The predicted molar refractivity (Wildman–Crippen MR) is 98.3 cm³/mol. The Balaban J connectivity index is 1.56. The van der Waals surface area contributed by atoms with Crippen molar-refractivity contribution in [3.8, 4) is 11.4 Å². The smallest absolute Gasteiger partial charge is 0.159 e. The van der Waals surface area contributed by atoms with Gasteiger partial charge in [0.15, 0.2) is 5.82 Å². The number of hydrogen-bond donors (Lipinski definition) is 0. The van der Waals surface area contributed by atoms with E-state index < -0.39 is 0 Å². The summed E-state index contributed by atoms with van der Waals surface area (Å²) in [5, 5.41) is 0.733. The summed E-state index contributed by atoms with van der Waals surface area (Å²) in [5.74, 6) is 2.19. The van der Waals surface area contributed by atoms with Gasteiger partial charge in [0.25, 0.3) is 0 Å². The van der Waals surface area contributed by atoms with Gasteiger partial charge >= 0.3 is 0 Å². The van der Waals surface area contributed by atoms with Gasteiger partial charge < -0.3 is 4.74 Å². The third kappa shape index (κ3) is 4.55. The molecular weight excluding hydrogens is 320 g/mol. The third-order valence-corrected chi connectivity index (χ3v) is 5.22. The maximum absolute atomic E-state index is 5.93. The van der Waals surface area contributed by atoms with Crippen molar-refractivity contribution in [1.82, 2.24) is 9.97 Å². The summed E-state index contributed by atoms with van der Waals surface area (Å²) in [6, 6.07) is 7.66. The second-order valence-electron chi connectivity index (χ2n) is 6.55. The minimum absolute atomic E-state index is 0.604. The van der Waals surface area contributed by atoms with Gasteiger partial charge in [-0.1, -0.05) is 11.6 Å². The van der Waals surface area contributed by atoms with E-state index in [4.69, 9.17) is 16.3 Å². The Morgan fingerprint density at radius 3 is 2.33 bits per heavy atom. The van der Waals surface area contributed by atoms with Gasteiger partial charge in [0.05, 0.1) is 0 Å². The molecule has 4 heteroatoms. The average Bonchev–Trinajstić information content (AvgIpc) is 2.63. The summed E-state index contributed by atoms with van der Waals surface area (Å²) in [4.78, 5) is 9.12. The Bertz CT molecular complexity index is 619. The molecular formula is C20H25ClN2O. The fourth-order valence-corrected chi connectivity index (χ4v) is 3.60. The highest BCUT2D eigenvalue weighted by Gasteiger charge is 2.22. The molecule has 0 bridgehead atoms. The number of ether oxygens (including phenoxy) is 1. The molecule has 1 fully saturated rings. The van der Waals surface area contributed by atoms with Crippen molar-refractivity contribution in [1.29, 1.82) is 0 Å². The van der Waals surface area contributed by atoms with Crippen molar-refractivity contribution in [2.24, 2.45) is 5.92 Å². The summed E-state index contributed by atoms with van der Waals surface area (Å²) in [5.41, 5.74) is 2.28. The van der Waals surface area contributed by atoms with Crippen LogP contribution < -0.4 is 0 Å². The summed E-state index contributed by atoms with van der Waals surface area (Å²) in [6.07, 6.45) is 10.3. The zero-order chi connectivity index (χ0) is 16.8. The molecule has 1 aliphatic rings. The zero-order valence-corrected chi connectivity index (χ0v) is 15.0. The minimum Gasteiger partial charge on any atom is -0.382 e. The molecule has 2 aromatic rings. The lowest BCUT2D eigenvalue weighted by atomic mass is 9.78. The van der Waals surface area contributed by atoms with Crippen LogP contribution in [0.5, 0.6) is 0 Å². The molecule has 1 heterocycles. The van der Waals surface area contributed by atoms with E-state index in [1.54, 1.807) is 0 Å². The van der Waals surface area contributed by atoms with E-state index >= 15 is 0 Å². The van der Waals surface area contributed by atoms with E-state index in [1.165, 1.54) is 37.7 Å². The van der Waals surface area contributed by atoms with Crippen LogP contribution in [0.2, 0.25) is 5.02 Å². The number of halogens is 1. The van der Waals surface area contributed by atoms with Gasteiger partial charge in [0.2, 0.25) is 0 Å². The quantitative estimate of drug-likeness (QED) is 0.649. The van der Waals surface area contributed by atoms with Crippen LogP contribution >= 0.6 is 11.6 Å². The molecule has 0 radical (unpaired) electrons. The van der Waals surface area contributed by atoms with E-state index in [2.05, 4.69) is 16.9 Å². The molecule has 1 aromatic heterocycles. The van der Waals surface area contributed by atoms with Gasteiger partial charge in [0.1, 0.15) is 0 Å². The van der Waals surface area contributed by atoms with E-state index in [0.29, 0.717) is 5.92 Å². The van der Waals surface area contributed by atoms with Crippen LogP contribution in [0.4, 0.5) is 0 Å². The second-order valence-corrected chi connectivity index (χ2v) is 6.99. The van der Waals surface area contributed by atoms with E-state index in [-0.39, 0.29) is 0 Å². The SMILES string of the molecule is CCOCC[C@H]1CC[C@H](c2cnc(-c3ccc(Cl)cc3)nc2)CC1. The highest BCUT2D eigenvalue weighted by Crippen LogP contribution is 2.36. The van der Waals surface area contributed by atoms with Gasteiger partial charge in [-0.3, -0.25) is 0 Å². The van der Waals surface area contributed by atoms with E-state index in [9.17, 15) is 0 Å². The van der Waals surface area contributed by atoms with Crippen molar-refractivity contribution < 1.29 is 4.74 Å². The minimum atomic E-state index is 0.604. The zero-order valence-electron chi connectivity index (χ0n) is 14.2. The van der Waals surface area contributed by atoms with Crippen LogP contribution in [0, 0.1) is 5.92 Å².